The number of hydrogen-bond donors (Lipinski definition) is 0. The van der Waals surface area contributed by atoms with Gasteiger partial charge in [-0.05, 0) is 34.6 Å². The molecule has 1 fully saturated rings. The van der Waals surface area contributed by atoms with Gasteiger partial charge in [0.2, 0.25) is 5.91 Å². The molecule has 1 heterocycles. The Morgan fingerprint density at radius 3 is 2.28 bits per heavy atom. The Hall–Kier alpha value is -2.40. The highest BCUT2D eigenvalue weighted by molar-refractivity contribution is 7.91. The van der Waals surface area contributed by atoms with Crippen molar-refractivity contribution in [3.05, 3.63) is 77.4 Å². The second-order valence-electron chi connectivity index (χ2n) is 8.71. The quantitative estimate of drug-likeness (QED) is 0.693. The van der Waals surface area contributed by atoms with Crippen molar-refractivity contribution in [3.8, 4) is 0 Å². The van der Waals surface area contributed by atoms with E-state index in [1.54, 1.807) is 17.1 Å². The number of carbonyl (C=O) groups is 1. The van der Waals surface area contributed by atoms with Crippen LogP contribution in [0.2, 0.25) is 0 Å². The van der Waals surface area contributed by atoms with Gasteiger partial charge in [-0.15, -0.1) is 0 Å². The molecule has 0 radical (unpaired) electrons. The molecular formula is C24H29NO3S. The second-order valence-corrected chi connectivity index (χ2v) is 10.9. The van der Waals surface area contributed by atoms with Gasteiger partial charge in [-0.3, -0.25) is 4.79 Å². The van der Waals surface area contributed by atoms with Crippen LogP contribution in [0.3, 0.4) is 0 Å². The van der Waals surface area contributed by atoms with E-state index in [4.69, 9.17) is 0 Å². The molecule has 1 aliphatic rings. The Kier molecular flexibility index (Phi) is 6.27. The molecule has 0 saturated carbocycles. The molecule has 1 aliphatic heterocycles. The average molecular weight is 412 g/mol. The number of carbonyl (C=O) groups excluding carboxylic acids is 1. The number of rotatable bonds is 5. The van der Waals surface area contributed by atoms with Crippen LogP contribution in [-0.2, 0) is 26.6 Å². The van der Waals surface area contributed by atoms with Gasteiger partial charge in [0.05, 0.1) is 11.5 Å². The molecule has 0 aliphatic carbocycles. The molecular weight excluding hydrogens is 382 g/mol. The van der Waals surface area contributed by atoms with Gasteiger partial charge >= 0.3 is 0 Å². The van der Waals surface area contributed by atoms with Crippen LogP contribution in [0.5, 0.6) is 0 Å². The number of nitrogens with zero attached hydrogens (tertiary/aromatic N) is 1. The van der Waals surface area contributed by atoms with E-state index in [-0.39, 0.29) is 28.9 Å². The average Bonchev–Trinajstić information content (AvgIpc) is 3.04. The SMILES string of the molecule is CC(C)(C)c1ccc(CN(C(=O)C=Cc2ccccc2)C2CCS(=O)(=O)C2)cc1. The monoisotopic (exact) mass is 411 g/mol. The predicted molar refractivity (Wildman–Crippen MR) is 118 cm³/mol. The van der Waals surface area contributed by atoms with Crippen LogP contribution in [0, 0.1) is 0 Å². The molecule has 5 heteroatoms. The summed E-state index contributed by atoms with van der Waals surface area (Å²) in [5.74, 6) is 0.0287. The fourth-order valence-electron chi connectivity index (χ4n) is 3.54. The summed E-state index contributed by atoms with van der Waals surface area (Å²) in [6.45, 7) is 6.89. The first kappa shape index (κ1) is 21.3. The summed E-state index contributed by atoms with van der Waals surface area (Å²) in [4.78, 5) is 14.7. The van der Waals surface area contributed by atoms with Crippen molar-refractivity contribution in [1.29, 1.82) is 0 Å². The highest BCUT2D eigenvalue weighted by Gasteiger charge is 2.34. The molecule has 0 aromatic heterocycles. The molecule has 154 valence electrons. The van der Waals surface area contributed by atoms with Gasteiger partial charge < -0.3 is 4.90 Å². The van der Waals surface area contributed by atoms with Crippen molar-refractivity contribution in [3.63, 3.8) is 0 Å². The molecule has 3 rings (SSSR count). The maximum absolute atomic E-state index is 13.0. The van der Waals surface area contributed by atoms with E-state index >= 15 is 0 Å². The van der Waals surface area contributed by atoms with Crippen molar-refractivity contribution in [2.75, 3.05) is 11.5 Å². The van der Waals surface area contributed by atoms with E-state index in [2.05, 4.69) is 32.9 Å². The molecule has 1 amide bonds. The maximum Gasteiger partial charge on any atom is 0.247 e. The molecule has 29 heavy (non-hydrogen) atoms. The molecule has 0 bridgehead atoms. The highest BCUT2D eigenvalue weighted by atomic mass is 32.2. The standard InChI is InChI=1S/C24H29NO3S/c1-24(2,3)21-12-9-20(10-13-21)17-25(22-15-16-29(27,28)18-22)23(26)14-11-19-7-5-4-6-8-19/h4-14,22H,15-18H2,1-3H3. The van der Waals surface area contributed by atoms with Crippen LogP contribution in [0.1, 0.15) is 43.9 Å². The lowest BCUT2D eigenvalue weighted by atomic mass is 9.86. The lowest BCUT2D eigenvalue weighted by molar-refractivity contribution is -0.128. The number of hydrogen-bond acceptors (Lipinski definition) is 3. The molecule has 1 saturated heterocycles. The summed E-state index contributed by atoms with van der Waals surface area (Å²) < 4.78 is 24.0. The van der Waals surface area contributed by atoms with Gasteiger partial charge in [-0.1, -0.05) is 75.4 Å². The summed E-state index contributed by atoms with van der Waals surface area (Å²) in [7, 11) is -3.08. The first-order valence-electron chi connectivity index (χ1n) is 9.98. The zero-order valence-electron chi connectivity index (χ0n) is 17.3. The van der Waals surface area contributed by atoms with E-state index < -0.39 is 9.84 Å². The minimum atomic E-state index is -3.08. The number of benzene rings is 2. The first-order valence-corrected chi connectivity index (χ1v) is 11.8. The molecule has 2 aromatic carbocycles. The highest BCUT2D eigenvalue weighted by Crippen LogP contribution is 2.24. The van der Waals surface area contributed by atoms with Crippen molar-refractivity contribution in [1.82, 2.24) is 4.90 Å². The van der Waals surface area contributed by atoms with E-state index in [9.17, 15) is 13.2 Å². The van der Waals surface area contributed by atoms with Gasteiger partial charge in [-0.2, -0.15) is 0 Å². The fraction of sp³-hybridized carbons (Fsp3) is 0.375. The van der Waals surface area contributed by atoms with Crippen LogP contribution in [0.25, 0.3) is 6.08 Å². The van der Waals surface area contributed by atoms with Crippen molar-refractivity contribution < 1.29 is 13.2 Å². The van der Waals surface area contributed by atoms with Gasteiger partial charge in [-0.25, -0.2) is 8.42 Å². The van der Waals surface area contributed by atoms with Gasteiger partial charge in [0, 0.05) is 18.7 Å². The molecule has 1 atom stereocenters. The zero-order valence-corrected chi connectivity index (χ0v) is 18.2. The lowest BCUT2D eigenvalue weighted by Gasteiger charge is -2.28. The van der Waals surface area contributed by atoms with E-state index in [0.29, 0.717) is 13.0 Å². The number of amides is 1. The smallest absolute Gasteiger partial charge is 0.247 e. The Labute approximate surface area is 174 Å². The van der Waals surface area contributed by atoms with Gasteiger partial charge in [0.25, 0.3) is 0 Å². The van der Waals surface area contributed by atoms with Crippen LogP contribution < -0.4 is 0 Å². The number of sulfone groups is 1. The first-order chi connectivity index (χ1) is 13.6. The molecule has 0 spiro atoms. The molecule has 1 unspecified atom stereocenters. The van der Waals surface area contributed by atoms with E-state index in [1.165, 1.54) is 5.56 Å². The topological polar surface area (TPSA) is 54.5 Å². The van der Waals surface area contributed by atoms with Crippen molar-refractivity contribution >= 4 is 21.8 Å². The molecule has 2 aromatic rings. The van der Waals surface area contributed by atoms with Crippen LogP contribution in [0.4, 0.5) is 0 Å². The van der Waals surface area contributed by atoms with E-state index in [0.717, 1.165) is 11.1 Å². The third-order valence-electron chi connectivity index (χ3n) is 5.32. The van der Waals surface area contributed by atoms with Crippen LogP contribution in [-0.4, -0.2) is 36.8 Å². The minimum Gasteiger partial charge on any atom is -0.331 e. The largest absolute Gasteiger partial charge is 0.331 e. The van der Waals surface area contributed by atoms with Gasteiger partial charge in [0.1, 0.15) is 0 Å². The Morgan fingerprint density at radius 1 is 1.07 bits per heavy atom. The lowest BCUT2D eigenvalue weighted by Crippen LogP contribution is -2.39. The summed E-state index contributed by atoms with van der Waals surface area (Å²) >= 11 is 0. The van der Waals surface area contributed by atoms with Crippen molar-refractivity contribution in [2.24, 2.45) is 0 Å². The van der Waals surface area contributed by atoms with Crippen LogP contribution in [0.15, 0.2) is 60.7 Å². The summed E-state index contributed by atoms with van der Waals surface area (Å²) in [5.41, 5.74) is 3.23. The van der Waals surface area contributed by atoms with Crippen molar-refractivity contribution in [2.45, 2.75) is 45.2 Å². The predicted octanol–water partition coefficient (Wildman–Crippen LogP) is 4.21. The third-order valence-corrected chi connectivity index (χ3v) is 7.07. The minimum absolute atomic E-state index is 0.0397. The Balaban J connectivity index is 1.81. The summed E-state index contributed by atoms with van der Waals surface area (Å²) in [5, 5.41) is 0. The fourth-order valence-corrected chi connectivity index (χ4v) is 5.27. The maximum atomic E-state index is 13.0. The van der Waals surface area contributed by atoms with Crippen LogP contribution >= 0.6 is 0 Å². The summed E-state index contributed by atoms with van der Waals surface area (Å²) in [6.07, 6.45) is 3.82. The Morgan fingerprint density at radius 2 is 1.72 bits per heavy atom. The van der Waals surface area contributed by atoms with Gasteiger partial charge in [0.15, 0.2) is 9.84 Å². The third kappa shape index (κ3) is 5.80. The summed E-state index contributed by atoms with van der Waals surface area (Å²) in [6, 6.07) is 17.6. The molecule has 0 N–H and O–H groups in total. The molecule has 4 nitrogen and oxygen atoms in total. The Bertz CT molecular complexity index is 971. The second kappa shape index (κ2) is 8.54. The normalized spacial score (nSPS) is 18.8. The van der Waals surface area contributed by atoms with E-state index in [1.807, 2.05) is 42.5 Å². The zero-order chi connectivity index (χ0) is 21.1.